The van der Waals surface area contributed by atoms with Crippen molar-refractivity contribution in [1.82, 2.24) is 9.47 Å². The topological polar surface area (TPSA) is 96.6 Å². The molecule has 2 N–H and O–H groups in total. The smallest absolute Gasteiger partial charge is 0.408 e. The Bertz CT molecular complexity index is 1090. The Morgan fingerprint density at radius 2 is 1.50 bits per heavy atom. The SMILES string of the molecule is O=C(Cn1c(=O)oc2ccccc21)Nc1ccc(NC(=O)N2CCCCCC2)cc1. The molecule has 0 radical (unpaired) electrons. The van der Waals surface area contributed by atoms with Gasteiger partial charge >= 0.3 is 11.8 Å². The summed E-state index contributed by atoms with van der Waals surface area (Å²) in [5, 5.41) is 5.66. The third kappa shape index (κ3) is 4.53. The molecule has 156 valence electrons. The molecule has 3 amide bonds. The molecule has 1 aromatic heterocycles. The van der Waals surface area contributed by atoms with Gasteiger partial charge in [-0.05, 0) is 49.2 Å². The van der Waals surface area contributed by atoms with Gasteiger partial charge in [-0.3, -0.25) is 9.36 Å². The average Bonchev–Trinajstić information content (AvgIpc) is 2.91. The van der Waals surface area contributed by atoms with E-state index in [2.05, 4.69) is 10.6 Å². The van der Waals surface area contributed by atoms with Gasteiger partial charge in [0.15, 0.2) is 5.58 Å². The number of hydrogen-bond donors (Lipinski definition) is 2. The number of aromatic nitrogens is 1. The van der Waals surface area contributed by atoms with Crippen molar-refractivity contribution >= 4 is 34.4 Å². The van der Waals surface area contributed by atoms with Crippen molar-refractivity contribution in [3.63, 3.8) is 0 Å². The number of fused-ring (bicyclic) bond motifs is 1. The summed E-state index contributed by atoms with van der Waals surface area (Å²) < 4.78 is 6.44. The number of amides is 3. The number of para-hydroxylation sites is 2. The minimum absolute atomic E-state index is 0.0973. The molecule has 30 heavy (non-hydrogen) atoms. The number of likely N-dealkylation sites (tertiary alicyclic amines) is 1. The molecule has 0 bridgehead atoms. The van der Waals surface area contributed by atoms with Crippen LogP contribution < -0.4 is 16.4 Å². The Balaban J connectivity index is 1.36. The lowest BCUT2D eigenvalue weighted by Gasteiger charge is -2.20. The lowest BCUT2D eigenvalue weighted by Crippen LogP contribution is -2.35. The van der Waals surface area contributed by atoms with Crippen LogP contribution in [0.3, 0.4) is 0 Å². The van der Waals surface area contributed by atoms with Crippen LogP contribution in [0.2, 0.25) is 0 Å². The number of anilines is 2. The monoisotopic (exact) mass is 408 g/mol. The van der Waals surface area contributed by atoms with Crippen LogP contribution in [0.15, 0.2) is 57.7 Å². The van der Waals surface area contributed by atoms with Crippen molar-refractivity contribution in [3.05, 3.63) is 59.1 Å². The van der Waals surface area contributed by atoms with E-state index < -0.39 is 5.76 Å². The van der Waals surface area contributed by atoms with E-state index in [0.29, 0.717) is 22.5 Å². The molecule has 0 aliphatic carbocycles. The number of nitrogens with one attached hydrogen (secondary N) is 2. The number of carbonyl (C=O) groups is 2. The van der Waals surface area contributed by atoms with Gasteiger partial charge in [-0.15, -0.1) is 0 Å². The largest absolute Gasteiger partial charge is 0.420 e. The van der Waals surface area contributed by atoms with E-state index in [-0.39, 0.29) is 18.5 Å². The zero-order valence-electron chi connectivity index (χ0n) is 16.6. The molecule has 1 saturated heterocycles. The first-order valence-corrected chi connectivity index (χ1v) is 10.1. The van der Waals surface area contributed by atoms with Crippen LogP contribution in [0.25, 0.3) is 11.1 Å². The van der Waals surface area contributed by atoms with Gasteiger partial charge in [0, 0.05) is 24.5 Å². The minimum atomic E-state index is -0.571. The maximum Gasteiger partial charge on any atom is 0.420 e. The Morgan fingerprint density at radius 1 is 0.867 bits per heavy atom. The molecule has 0 unspecified atom stereocenters. The molecule has 0 spiro atoms. The van der Waals surface area contributed by atoms with Gasteiger partial charge in [-0.2, -0.15) is 0 Å². The first-order valence-electron chi connectivity index (χ1n) is 10.1. The Kier molecular flexibility index (Phi) is 5.83. The van der Waals surface area contributed by atoms with Crippen LogP contribution in [0, 0.1) is 0 Å². The molecule has 0 saturated carbocycles. The van der Waals surface area contributed by atoms with Crippen molar-refractivity contribution in [2.24, 2.45) is 0 Å². The van der Waals surface area contributed by atoms with E-state index in [9.17, 15) is 14.4 Å². The van der Waals surface area contributed by atoms with E-state index >= 15 is 0 Å². The fourth-order valence-corrected chi connectivity index (χ4v) is 3.62. The number of nitrogens with zero attached hydrogens (tertiary/aromatic N) is 2. The second kappa shape index (κ2) is 8.86. The molecule has 8 heteroatoms. The summed E-state index contributed by atoms with van der Waals surface area (Å²) in [5.41, 5.74) is 2.26. The van der Waals surface area contributed by atoms with Crippen LogP contribution in [0.4, 0.5) is 16.2 Å². The molecule has 1 aliphatic rings. The maximum atomic E-state index is 12.4. The van der Waals surface area contributed by atoms with Gasteiger partial charge in [-0.1, -0.05) is 25.0 Å². The van der Waals surface area contributed by atoms with Gasteiger partial charge in [-0.25, -0.2) is 9.59 Å². The molecule has 8 nitrogen and oxygen atoms in total. The van der Waals surface area contributed by atoms with Crippen LogP contribution in [0.1, 0.15) is 25.7 Å². The summed E-state index contributed by atoms with van der Waals surface area (Å²) in [4.78, 5) is 38.6. The second-order valence-corrected chi connectivity index (χ2v) is 7.38. The van der Waals surface area contributed by atoms with Crippen LogP contribution in [0.5, 0.6) is 0 Å². The highest BCUT2D eigenvalue weighted by Crippen LogP contribution is 2.17. The van der Waals surface area contributed by atoms with E-state index in [1.165, 1.54) is 17.4 Å². The minimum Gasteiger partial charge on any atom is -0.408 e. The maximum absolute atomic E-state index is 12.4. The summed E-state index contributed by atoms with van der Waals surface area (Å²) in [6.45, 7) is 1.41. The molecule has 2 heterocycles. The number of urea groups is 1. The van der Waals surface area contributed by atoms with Crippen LogP contribution in [-0.2, 0) is 11.3 Å². The van der Waals surface area contributed by atoms with E-state index in [4.69, 9.17) is 4.42 Å². The first kappa shape index (κ1) is 19.8. The van der Waals surface area contributed by atoms with Crippen LogP contribution in [-0.4, -0.2) is 34.5 Å². The van der Waals surface area contributed by atoms with E-state index in [1.807, 2.05) is 4.90 Å². The molecule has 3 aromatic rings. The van der Waals surface area contributed by atoms with Gasteiger partial charge < -0.3 is 20.0 Å². The lowest BCUT2D eigenvalue weighted by molar-refractivity contribution is -0.116. The fourth-order valence-electron chi connectivity index (χ4n) is 3.62. The van der Waals surface area contributed by atoms with Crippen molar-refractivity contribution in [2.75, 3.05) is 23.7 Å². The third-order valence-electron chi connectivity index (χ3n) is 5.19. The van der Waals surface area contributed by atoms with Crippen molar-refractivity contribution in [1.29, 1.82) is 0 Å². The molecule has 1 fully saturated rings. The summed E-state index contributed by atoms with van der Waals surface area (Å²) in [7, 11) is 0. The molecule has 0 atom stereocenters. The summed E-state index contributed by atoms with van der Waals surface area (Å²) in [5.74, 6) is -0.914. The zero-order chi connectivity index (χ0) is 20.9. The van der Waals surface area contributed by atoms with Gasteiger partial charge in [0.1, 0.15) is 6.54 Å². The third-order valence-corrected chi connectivity index (χ3v) is 5.19. The molecule has 4 rings (SSSR count). The predicted molar refractivity (Wildman–Crippen MR) is 115 cm³/mol. The number of rotatable bonds is 4. The van der Waals surface area contributed by atoms with Gasteiger partial charge in [0.05, 0.1) is 5.52 Å². The van der Waals surface area contributed by atoms with E-state index in [1.54, 1.807) is 48.5 Å². The van der Waals surface area contributed by atoms with Gasteiger partial charge in [0.25, 0.3) is 0 Å². The lowest BCUT2D eigenvalue weighted by atomic mass is 10.2. The molecular formula is C22H24N4O4. The predicted octanol–water partition coefficient (Wildman–Crippen LogP) is 3.64. The number of benzene rings is 2. The Labute approximate surface area is 173 Å². The standard InChI is InChI=1S/C22H24N4O4/c27-20(15-26-18-7-3-4-8-19(18)30-22(26)29)23-16-9-11-17(12-10-16)24-21(28)25-13-5-1-2-6-14-25/h3-4,7-12H,1-2,5-6,13-15H2,(H,23,27)(H,24,28). The first-order chi connectivity index (χ1) is 14.6. The summed E-state index contributed by atoms with van der Waals surface area (Å²) in [6.07, 6.45) is 4.40. The Hall–Kier alpha value is -3.55. The van der Waals surface area contributed by atoms with Gasteiger partial charge in [0.2, 0.25) is 5.91 Å². The highest BCUT2D eigenvalue weighted by molar-refractivity contribution is 5.93. The quantitative estimate of drug-likeness (QED) is 0.689. The Morgan fingerprint density at radius 3 is 2.20 bits per heavy atom. The molecule has 2 aromatic carbocycles. The highest BCUT2D eigenvalue weighted by atomic mass is 16.4. The summed E-state index contributed by atoms with van der Waals surface area (Å²) in [6, 6.07) is 13.8. The van der Waals surface area contributed by atoms with Crippen LogP contribution >= 0.6 is 0 Å². The normalized spacial score (nSPS) is 14.3. The number of oxazole rings is 1. The average molecular weight is 408 g/mol. The number of hydrogen-bond acceptors (Lipinski definition) is 4. The molecular weight excluding hydrogens is 384 g/mol. The zero-order valence-corrected chi connectivity index (χ0v) is 16.6. The van der Waals surface area contributed by atoms with Crippen molar-refractivity contribution < 1.29 is 14.0 Å². The van der Waals surface area contributed by atoms with Crippen molar-refractivity contribution in [2.45, 2.75) is 32.2 Å². The second-order valence-electron chi connectivity index (χ2n) is 7.38. The van der Waals surface area contributed by atoms with E-state index in [0.717, 1.165) is 25.9 Å². The molecule has 1 aliphatic heterocycles. The fraction of sp³-hybridized carbons (Fsp3) is 0.318. The highest BCUT2D eigenvalue weighted by Gasteiger charge is 2.16. The summed E-state index contributed by atoms with van der Waals surface area (Å²) >= 11 is 0. The van der Waals surface area contributed by atoms with Crippen molar-refractivity contribution in [3.8, 4) is 0 Å². The number of carbonyl (C=O) groups excluding carboxylic acids is 2.